The Balaban J connectivity index is 2.59. The molecule has 1 aromatic carbocycles. The van der Waals surface area contributed by atoms with E-state index in [4.69, 9.17) is 11.5 Å². The van der Waals surface area contributed by atoms with E-state index >= 15 is 0 Å². The SMILES string of the molecule is C[C@@H](N)c1ccc(CNC(N)=O)cc1. The zero-order valence-corrected chi connectivity index (χ0v) is 8.16. The number of urea groups is 1. The van der Waals surface area contributed by atoms with Crippen LogP contribution in [0.5, 0.6) is 0 Å². The lowest BCUT2D eigenvalue weighted by atomic mass is 10.1. The van der Waals surface area contributed by atoms with Crippen LogP contribution in [0, 0.1) is 0 Å². The molecule has 0 aliphatic heterocycles. The lowest BCUT2D eigenvalue weighted by Crippen LogP contribution is -2.28. The maximum absolute atomic E-state index is 10.4. The van der Waals surface area contributed by atoms with Gasteiger partial charge in [0.25, 0.3) is 0 Å². The third kappa shape index (κ3) is 3.06. The van der Waals surface area contributed by atoms with Crippen LogP contribution in [0.2, 0.25) is 0 Å². The highest BCUT2D eigenvalue weighted by molar-refractivity contribution is 5.71. The molecule has 0 bridgehead atoms. The van der Waals surface area contributed by atoms with Crippen LogP contribution in [-0.2, 0) is 6.54 Å². The molecule has 0 unspecified atom stereocenters. The van der Waals surface area contributed by atoms with Gasteiger partial charge in [-0.3, -0.25) is 0 Å². The third-order valence-corrected chi connectivity index (χ3v) is 1.97. The average Bonchev–Trinajstić information content (AvgIpc) is 2.15. The highest BCUT2D eigenvalue weighted by Crippen LogP contribution is 2.10. The van der Waals surface area contributed by atoms with Crippen molar-refractivity contribution in [2.24, 2.45) is 11.5 Å². The summed E-state index contributed by atoms with van der Waals surface area (Å²) in [5.41, 5.74) is 12.7. The zero-order valence-electron chi connectivity index (χ0n) is 8.16. The normalized spacial score (nSPS) is 12.1. The van der Waals surface area contributed by atoms with Crippen LogP contribution in [0.1, 0.15) is 24.1 Å². The molecule has 0 aliphatic rings. The summed E-state index contributed by atoms with van der Waals surface area (Å²) in [6, 6.07) is 7.27. The van der Waals surface area contributed by atoms with Crippen LogP contribution in [0.4, 0.5) is 4.79 Å². The Bertz CT molecular complexity index is 306. The molecule has 5 N–H and O–H groups in total. The van der Waals surface area contributed by atoms with Crippen LogP contribution in [0.25, 0.3) is 0 Å². The van der Waals surface area contributed by atoms with Gasteiger partial charge in [-0.2, -0.15) is 0 Å². The van der Waals surface area contributed by atoms with Gasteiger partial charge in [-0.05, 0) is 18.1 Å². The summed E-state index contributed by atoms with van der Waals surface area (Å²) in [6.45, 7) is 2.38. The molecule has 0 spiro atoms. The van der Waals surface area contributed by atoms with Crippen molar-refractivity contribution in [2.45, 2.75) is 19.5 Å². The summed E-state index contributed by atoms with van der Waals surface area (Å²) in [6.07, 6.45) is 0. The van der Waals surface area contributed by atoms with E-state index in [0.29, 0.717) is 6.54 Å². The maximum Gasteiger partial charge on any atom is 0.312 e. The third-order valence-electron chi connectivity index (χ3n) is 1.97. The summed E-state index contributed by atoms with van der Waals surface area (Å²) >= 11 is 0. The van der Waals surface area contributed by atoms with E-state index in [1.165, 1.54) is 0 Å². The van der Waals surface area contributed by atoms with Gasteiger partial charge in [-0.25, -0.2) is 4.79 Å². The fraction of sp³-hybridized carbons (Fsp3) is 0.300. The quantitative estimate of drug-likeness (QED) is 0.666. The molecule has 0 heterocycles. The van der Waals surface area contributed by atoms with Gasteiger partial charge < -0.3 is 16.8 Å². The smallest absolute Gasteiger partial charge is 0.312 e. The molecular weight excluding hydrogens is 178 g/mol. The summed E-state index contributed by atoms with van der Waals surface area (Å²) < 4.78 is 0. The van der Waals surface area contributed by atoms with E-state index in [2.05, 4.69) is 5.32 Å². The van der Waals surface area contributed by atoms with E-state index in [1.54, 1.807) is 0 Å². The fourth-order valence-electron chi connectivity index (χ4n) is 1.13. The van der Waals surface area contributed by atoms with Crippen molar-refractivity contribution >= 4 is 6.03 Å². The van der Waals surface area contributed by atoms with Gasteiger partial charge in [0, 0.05) is 12.6 Å². The van der Waals surface area contributed by atoms with Gasteiger partial charge in [0.2, 0.25) is 0 Å². The van der Waals surface area contributed by atoms with Crippen molar-refractivity contribution in [3.63, 3.8) is 0 Å². The molecule has 1 atom stereocenters. The Morgan fingerprint density at radius 2 is 2.00 bits per heavy atom. The number of amides is 2. The summed E-state index contributed by atoms with van der Waals surface area (Å²) in [5.74, 6) is 0. The monoisotopic (exact) mass is 193 g/mol. The highest BCUT2D eigenvalue weighted by Gasteiger charge is 1.99. The second-order valence-electron chi connectivity index (χ2n) is 3.25. The zero-order chi connectivity index (χ0) is 10.6. The first-order valence-electron chi connectivity index (χ1n) is 4.47. The van der Waals surface area contributed by atoms with Crippen molar-refractivity contribution in [1.29, 1.82) is 0 Å². The van der Waals surface area contributed by atoms with Crippen molar-refractivity contribution in [3.8, 4) is 0 Å². The van der Waals surface area contributed by atoms with Crippen LogP contribution in [0.15, 0.2) is 24.3 Å². The summed E-state index contributed by atoms with van der Waals surface area (Å²) in [7, 11) is 0. The summed E-state index contributed by atoms with van der Waals surface area (Å²) in [4.78, 5) is 10.4. The van der Waals surface area contributed by atoms with Crippen molar-refractivity contribution in [3.05, 3.63) is 35.4 Å². The standard InChI is InChI=1S/C10H15N3O/c1-7(11)9-4-2-8(3-5-9)6-13-10(12)14/h2-5,7H,6,11H2,1H3,(H3,12,13,14)/t7-/m1/s1. The number of primary amides is 1. The number of carbonyl (C=O) groups is 1. The van der Waals surface area contributed by atoms with E-state index in [9.17, 15) is 4.79 Å². The van der Waals surface area contributed by atoms with Gasteiger partial charge in [0.15, 0.2) is 0 Å². The number of nitrogens with one attached hydrogen (secondary N) is 1. The number of hydrogen-bond donors (Lipinski definition) is 3. The van der Waals surface area contributed by atoms with Gasteiger partial charge in [-0.1, -0.05) is 24.3 Å². The van der Waals surface area contributed by atoms with Gasteiger partial charge in [-0.15, -0.1) is 0 Å². The second kappa shape index (κ2) is 4.62. The molecule has 0 radical (unpaired) electrons. The molecule has 1 aromatic rings. The van der Waals surface area contributed by atoms with E-state index in [1.807, 2.05) is 31.2 Å². The predicted molar refractivity (Wildman–Crippen MR) is 55.5 cm³/mol. The number of nitrogens with two attached hydrogens (primary N) is 2. The number of benzene rings is 1. The highest BCUT2D eigenvalue weighted by atomic mass is 16.2. The van der Waals surface area contributed by atoms with Gasteiger partial charge in [0.05, 0.1) is 0 Å². The predicted octanol–water partition coefficient (Wildman–Crippen LogP) is 0.875. The van der Waals surface area contributed by atoms with E-state index in [-0.39, 0.29) is 6.04 Å². The van der Waals surface area contributed by atoms with Crippen LogP contribution < -0.4 is 16.8 Å². The minimum atomic E-state index is -0.513. The number of hydrogen-bond acceptors (Lipinski definition) is 2. The molecule has 76 valence electrons. The molecule has 2 amide bonds. The fourth-order valence-corrected chi connectivity index (χ4v) is 1.13. The largest absolute Gasteiger partial charge is 0.352 e. The Labute approximate surface area is 83.3 Å². The first-order valence-corrected chi connectivity index (χ1v) is 4.47. The Hall–Kier alpha value is -1.55. The van der Waals surface area contributed by atoms with Crippen molar-refractivity contribution in [2.75, 3.05) is 0 Å². The van der Waals surface area contributed by atoms with Gasteiger partial charge >= 0.3 is 6.03 Å². The van der Waals surface area contributed by atoms with Crippen molar-refractivity contribution < 1.29 is 4.79 Å². The Morgan fingerprint density at radius 1 is 1.43 bits per heavy atom. The average molecular weight is 193 g/mol. The molecule has 4 nitrogen and oxygen atoms in total. The lowest BCUT2D eigenvalue weighted by molar-refractivity contribution is 0.248. The molecular formula is C10H15N3O. The molecule has 14 heavy (non-hydrogen) atoms. The molecule has 0 fully saturated rings. The van der Waals surface area contributed by atoms with Crippen LogP contribution in [0.3, 0.4) is 0 Å². The van der Waals surface area contributed by atoms with Crippen molar-refractivity contribution in [1.82, 2.24) is 5.32 Å². The topological polar surface area (TPSA) is 81.1 Å². The van der Waals surface area contributed by atoms with E-state index < -0.39 is 6.03 Å². The number of carbonyl (C=O) groups excluding carboxylic acids is 1. The molecule has 4 heteroatoms. The van der Waals surface area contributed by atoms with Crippen LogP contribution >= 0.6 is 0 Å². The van der Waals surface area contributed by atoms with Crippen LogP contribution in [-0.4, -0.2) is 6.03 Å². The molecule has 0 aromatic heterocycles. The minimum Gasteiger partial charge on any atom is -0.352 e. The molecule has 0 aliphatic carbocycles. The lowest BCUT2D eigenvalue weighted by Gasteiger charge is -2.07. The maximum atomic E-state index is 10.4. The van der Waals surface area contributed by atoms with Gasteiger partial charge in [0.1, 0.15) is 0 Å². The minimum absolute atomic E-state index is 0.0353. The Morgan fingerprint density at radius 3 is 2.43 bits per heavy atom. The molecule has 0 saturated heterocycles. The first-order chi connectivity index (χ1) is 6.59. The molecule has 1 rings (SSSR count). The van der Waals surface area contributed by atoms with E-state index in [0.717, 1.165) is 11.1 Å². The summed E-state index contributed by atoms with van der Waals surface area (Å²) in [5, 5.41) is 2.52. The Kier molecular flexibility index (Phi) is 3.48. The second-order valence-corrected chi connectivity index (χ2v) is 3.25. The number of rotatable bonds is 3. The first kappa shape index (κ1) is 10.5. The molecule has 0 saturated carbocycles.